The first kappa shape index (κ1) is 17.8. The van der Waals surface area contributed by atoms with E-state index in [9.17, 15) is 19.1 Å². The zero-order chi connectivity index (χ0) is 18.8. The fourth-order valence-electron chi connectivity index (χ4n) is 2.55. The van der Waals surface area contributed by atoms with Gasteiger partial charge >= 0.3 is 0 Å². The zero-order valence-electron chi connectivity index (χ0n) is 14.0. The number of hydrogen-bond acceptors (Lipinski definition) is 5. The van der Waals surface area contributed by atoms with Gasteiger partial charge in [-0.3, -0.25) is 4.79 Å². The van der Waals surface area contributed by atoms with E-state index in [1.165, 1.54) is 30.3 Å². The van der Waals surface area contributed by atoms with Crippen LogP contribution in [0.2, 0.25) is 0 Å². The van der Waals surface area contributed by atoms with E-state index in [0.717, 1.165) is 34.0 Å². The number of aromatic carboxylic acids is 1. The monoisotopic (exact) mass is 369 g/mol. The van der Waals surface area contributed by atoms with Gasteiger partial charge in [-0.15, -0.1) is 11.3 Å². The molecule has 0 saturated carbocycles. The molecule has 132 valence electrons. The van der Waals surface area contributed by atoms with Crippen molar-refractivity contribution in [3.05, 3.63) is 75.0 Å². The van der Waals surface area contributed by atoms with Crippen molar-refractivity contribution in [3.8, 4) is 5.69 Å². The number of ketones is 1. The molecule has 0 saturated heterocycles. The van der Waals surface area contributed by atoms with Crippen LogP contribution < -0.4 is 5.11 Å². The molecule has 0 aliphatic carbocycles. The van der Waals surface area contributed by atoms with Crippen LogP contribution in [0.5, 0.6) is 0 Å². The largest absolute Gasteiger partial charge is 0.544 e. The molecule has 0 amide bonds. The topological polar surface area (TPSA) is 75.0 Å². The highest BCUT2D eigenvalue weighted by Gasteiger charge is 2.12. The minimum atomic E-state index is -1.30. The van der Waals surface area contributed by atoms with Gasteiger partial charge in [0.05, 0.1) is 27.1 Å². The molecule has 0 unspecified atom stereocenters. The van der Waals surface area contributed by atoms with Crippen LogP contribution in [-0.4, -0.2) is 21.5 Å². The minimum Gasteiger partial charge on any atom is -0.544 e. The number of thiophene rings is 1. The highest BCUT2D eigenvalue weighted by molar-refractivity contribution is 7.16. The number of allylic oxidation sites excluding steroid dienone is 1. The van der Waals surface area contributed by atoms with Crippen molar-refractivity contribution in [3.63, 3.8) is 0 Å². The van der Waals surface area contributed by atoms with E-state index in [1.54, 1.807) is 22.9 Å². The van der Waals surface area contributed by atoms with E-state index in [0.29, 0.717) is 4.88 Å². The molecule has 7 heteroatoms. The Labute approximate surface area is 153 Å². The molecule has 2 aromatic heterocycles. The highest BCUT2D eigenvalue weighted by Crippen LogP contribution is 2.21. The smallest absolute Gasteiger partial charge is 0.195 e. The van der Waals surface area contributed by atoms with Gasteiger partial charge in [-0.2, -0.15) is 5.10 Å². The number of aromatic nitrogens is 2. The Morgan fingerprint density at radius 3 is 2.38 bits per heavy atom. The normalized spacial score (nSPS) is 11.2. The molecular weight excluding hydrogens is 355 g/mol. The van der Waals surface area contributed by atoms with Crippen molar-refractivity contribution in [2.45, 2.75) is 13.8 Å². The average molecular weight is 369 g/mol. The van der Waals surface area contributed by atoms with Crippen LogP contribution in [0.25, 0.3) is 11.8 Å². The molecule has 0 aliphatic heterocycles. The second-order valence-electron chi connectivity index (χ2n) is 5.62. The molecule has 26 heavy (non-hydrogen) atoms. The summed E-state index contributed by atoms with van der Waals surface area (Å²) in [6, 6.07) is 8.78. The third-order valence-electron chi connectivity index (χ3n) is 3.87. The van der Waals surface area contributed by atoms with Crippen molar-refractivity contribution in [1.82, 2.24) is 9.78 Å². The molecule has 0 N–H and O–H groups in total. The summed E-state index contributed by atoms with van der Waals surface area (Å²) in [5.74, 6) is -1.92. The van der Waals surface area contributed by atoms with Crippen molar-refractivity contribution < 1.29 is 19.1 Å². The first-order valence-electron chi connectivity index (χ1n) is 7.72. The summed E-state index contributed by atoms with van der Waals surface area (Å²) in [6.45, 7) is 3.67. The summed E-state index contributed by atoms with van der Waals surface area (Å²) in [4.78, 5) is 23.4. The second kappa shape index (κ2) is 7.05. The molecular formula is C19H14FN2O3S-. The van der Waals surface area contributed by atoms with E-state index >= 15 is 0 Å². The quantitative estimate of drug-likeness (QED) is 0.512. The molecule has 0 spiro atoms. The van der Waals surface area contributed by atoms with E-state index in [-0.39, 0.29) is 16.5 Å². The lowest BCUT2D eigenvalue weighted by Gasteiger charge is -2.04. The van der Waals surface area contributed by atoms with Gasteiger partial charge in [-0.05, 0) is 62.4 Å². The predicted octanol–water partition coefficient (Wildman–Crippen LogP) is 2.95. The number of halogens is 1. The number of carboxylic acid groups (broad SMARTS) is 1. The van der Waals surface area contributed by atoms with Gasteiger partial charge < -0.3 is 9.90 Å². The van der Waals surface area contributed by atoms with Gasteiger partial charge in [-0.25, -0.2) is 9.07 Å². The SMILES string of the molecule is Cc1nn(-c2ccc(F)cc2)c(C)c1/C=C/C(=O)c1ccc(C(=O)[O-])s1. The average Bonchev–Trinajstić information content (AvgIpc) is 3.20. The van der Waals surface area contributed by atoms with Crippen molar-refractivity contribution in [2.75, 3.05) is 0 Å². The summed E-state index contributed by atoms with van der Waals surface area (Å²) in [7, 11) is 0. The Bertz CT molecular complexity index is 1020. The van der Waals surface area contributed by atoms with Crippen molar-refractivity contribution in [1.29, 1.82) is 0 Å². The van der Waals surface area contributed by atoms with Crippen LogP contribution >= 0.6 is 11.3 Å². The van der Waals surface area contributed by atoms with E-state index in [2.05, 4.69) is 5.10 Å². The number of carbonyl (C=O) groups excluding carboxylic acids is 2. The van der Waals surface area contributed by atoms with E-state index < -0.39 is 5.97 Å². The van der Waals surface area contributed by atoms with Crippen LogP contribution in [0.15, 0.2) is 42.5 Å². The Kier molecular flexibility index (Phi) is 4.81. The summed E-state index contributed by atoms with van der Waals surface area (Å²) in [5, 5.41) is 15.2. The number of carboxylic acids is 1. The Morgan fingerprint density at radius 1 is 1.12 bits per heavy atom. The third-order valence-corrected chi connectivity index (χ3v) is 4.95. The molecule has 3 aromatic rings. The number of hydrogen-bond donors (Lipinski definition) is 0. The molecule has 0 fully saturated rings. The number of rotatable bonds is 5. The number of nitrogens with zero attached hydrogens (tertiary/aromatic N) is 2. The fraction of sp³-hybridized carbons (Fsp3) is 0.105. The van der Waals surface area contributed by atoms with Gasteiger partial charge in [0.25, 0.3) is 0 Å². The molecule has 3 rings (SSSR count). The van der Waals surface area contributed by atoms with Gasteiger partial charge in [-0.1, -0.05) is 0 Å². The molecule has 0 bridgehead atoms. The van der Waals surface area contributed by atoms with Gasteiger partial charge in [0, 0.05) is 11.3 Å². The first-order valence-corrected chi connectivity index (χ1v) is 8.54. The minimum absolute atomic E-state index is 0.0123. The maximum atomic E-state index is 13.1. The molecule has 0 aliphatic rings. The summed E-state index contributed by atoms with van der Waals surface area (Å²) in [6.07, 6.45) is 3.04. The fourth-order valence-corrected chi connectivity index (χ4v) is 3.31. The van der Waals surface area contributed by atoms with Gasteiger partial charge in [0.2, 0.25) is 0 Å². The second-order valence-corrected chi connectivity index (χ2v) is 6.71. The van der Waals surface area contributed by atoms with Crippen LogP contribution in [-0.2, 0) is 0 Å². The highest BCUT2D eigenvalue weighted by atomic mass is 32.1. The number of aryl methyl sites for hydroxylation is 1. The molecule has 0 atom stereocenters. The third kappa shape index (κ3) is 3.48. The molecule has 0 radical (unpaired) electrons. The summed E-state index contributed by atoms with van der Waals surface area (Å²) < 4.78 is 14.8. The Balaban J connectivity index is 1.87. The Hall–Kier alpha value is -3.06. The van der Waals surface area contributed by atoms with Crippen LogP contribution in [0.4, 0.5) is 4.39 Å². The van der Waals surface area contributed by atoms with E-state index in [4.69, 9.17) is 0 Å². The zero-order valence-corrected chi connectivity index (χ0v) is 14.8. The standard InChI is InChI=1S/C19H15FN2O3S/c1-11-15(7-8-16(23)17-9-10-18(26-17)19(24)25)12(2)22(21-11)14-5-3-13(20)4-6-14/h3-10H,1-2H3,(H,24,25)/p-1/b8-7+. The van der Waals surface area contributed by atoms with Crippen LogP contribution in [0.1, 0.15) is 36.3 Å². The van der Waals surface area contributed by atoms with Crippen molar-refractivity contribution >= 4 is 29.2 Å². The molecule has 2 heterocycles. The van der Waals surface area contributed by atoms with Crippen LogP contribution in [0, 0.1) is 19.7 Å². The first-order chi connectivity index (χ1) is 12.4. The maximum Gasteiger partial charge on any atom is 0.195 e. The number of carbonyl (C=O) groups is 2. The predicted molar refractivity (Wildman–Crippen MR) is 95.0 cm³/mol. The summed E-state index contributed by atoms with van der Waals surface area (Å²) in [5.41, 5.74) is 3.02. The summed E-state index contributed by atoms with van der Waals surface area (Å²) >= 11 is 0.877. The molecule has 1 aromatic carbocycles. The van der Waals surface area contributed by atoms with Gasteiger partial charge in [0.15, 0.2) is 5.78 Å². The Morgan fingerprint density at radius 2 is 1.77 bits per heavy atom. The molecule has 5 nitrogen and oxygen atoms in total. The number of benzene rings is 1. The lowest BCUT2D eigenvalue weighted by molar-refractivity contribution is -0.254. The van der Waals surface area contributed by atoms with Gasteiger partial charge in [0.1, 0.15) is 5.82 Å². The maximum absolute atomic E-state index is 13.1. The van der Waals surface area contributed by atoms with Crippen LogP contribution in [0.3, 0.4) is 0 Å². The lowest BCUT2D eigenvalue weighted by atomic mass is 10.1. The van der Waals surface area contributed by atoms with E-state index in [1.807, 2.05) is 13.8 Å². The lowest BCUT2D eigenvalue weighted by Crippen LogP contribution is -2.20. The van der Waals surface area contributed by atoms with Crippen molar-refractivity contribution in [2.24, 2.45) is 0 Å².